The molecule has 0 atom stereocenters. The number of ether oxygens (including phenoxy) is 1. The van der Waals surface area contributed by atoms with Gasteiger partial charge >= 0.3 is 0 Å². The summed E-state index contributed by atoms with van der Waals surface area (Å²) in [5, 5.41) is 5.32. The Bertz CT molecular complexity index is 2090. The number of nitrogens with one attached hydrogen (secondary N) is 3. The summed E-state index contributed by atoms with van der Waals surface area (Å²) in [6, 6.07) is 14.0. The van der Waals surface area contributed by atoms with Crippen LogP contribution in [0.2, 0.25) is 0 Å². The van der Waals surface area contributed by atoms with Crippen LogP contribution in [0.1, 0.15) is 23.2 Å². The monoisotopic (exact) mass is 554 g/mol. The molecule has 1 fully saturated rings. The molecule has 1 aliphatic rings. The summed E-state index contributed by atoms with van der Waals surface area (Å²) in [4.78, 5) is 45.3. The van der Waals surface area contributed by atoms with Crippen LogP contribution >= 0.6 is 0 Å². The zero-order valence-electron chi connectivity index (χ0n) is 21.2. The Balaban J connectivity index is 1.09. The van der Waals surface area contributed by atoms with Crippen LogP contribution in [0.5, 0.6) is 11.5 Å². The van der Waals surface area contributed by atoms with Crippen LogP contribution in [0, 0.1) is 17.6 Å². The fourth-order valence-corrected chi connectivity index (χ4v) is 4.64. The number of hydrogen-bond donors (Lipinski definition) is 3. The van der Waals surface area contributed by atoms with Gasteiger partial charge in [0.25, 0.3) is 11.5 Å². The minimum Gasteiger partial charge on any atom is -0.453 e. The number of halogens is 2. The molecular weight excluding hydrogens is 534 g/mol. The van der Waals surface area contributed by atoms with Crippen molar-refractivity contribution >= 4 is 45.6 Å². The van der Waals surface area contributed by atoms with Crippen molar-refractivity contribution in [3.8, 4) is 11.5 Å². The molecule has 3 N–H and O–H groups in total. The van der Waals surface area contributed by atoms with Crippen molar-refractivity contribution in [2.75, 3.05) is 10.6 Å². The fraction of sp³-hybridized carbons (Fsp3) is 0.103. The van der Waals surface area contributed by atoms with Crippen LogP contribution < -0.4 is 20.9 Å². The predicted octanol–water partition coefficient (Wildman–Crippen LogP) is 5.10. The van der Waals surface area contributed by atoms with E-state index in [1.165, 1.54) is 46.9 Å². The molecule has 0 aliphatic heterocycles. The molecule has 0 saturated heterocycles. The molecule has 4 heterocycles. The molecule has 7 rings (SSSR count). The molecule has 0 radical (unpaired) electrons. The van der Waals surface area contributed by atoms with Gasteiger partial charge in [0.2, 0.25) is 5.91 Å². The van der Waals surface area contributed by atoms with Gasteiger partial charge in [0, 0.05) is 17.7 Å². The van der Waals surface area contributed by atoms with Gasteiger partial charge in [-0.25, -0.2) is 13.8 Å². The number of imidazole rings is 2. The van der Waals surface area contributed by atoms with E-state index in [1.54, 1.807) is 28.9 Å². The third kappa shape index (κ3) is 4.54. The molecule has 204 valence electrons. The number of amides is 2. The maximum absolute atomic E-state index is 14.9. The highest BCUT2D eigenvalue weighted by atomic mass is 19.1. The lowest BCUT2D eigenvalue weighted by atomic mass is 10.2. The lowest BCUT2D eigenvalue weighted by Crippen LogP contribution is -2.25. The lowest BCUT2D eigenvalue weighted by molar-refractivity contribution is -0.117. The number of pyridine rings is 2. The van der Waals surface area contributed by atoms with Crippen LogP contribution in [-0.2, 0) is 4.79 Å². The number of H-pyrrole nitrogens is 1. The van der Waals surface area contributed by atoms with Gasteiger partial charge in [0.15, 0.2) is 17.4 Å². The Hall–Kier alpha value is -5.52. The first kappa shape index (κ1) is 24.5. The summed E-state index contributed by atoms with van der Waals surface area (Å²) < 4.78 is 37.2. The van der Waals surface area contributed by atoms with E-state index in [4.69, 9.17) is 4.74 Å². The van der Waals surface area contributed by atoms with Crippen molar-refractivity contribution in [3.63, 3.8) is 0 Å². The number of nitrogens with zero attached hydrogens (tertiary/aromatic N) is 3. The van der Waals surface area contributed by atoms with Gasteiger partial charge in [-0.3, -0.25) is 18.8 Å². The van der Waals surface area contributed by atoms with Gasteiger partial charge in [0.1, 0.15) is 28.4 Å². The number of hydrogen-bond acceptors (Lipinski definition) is 5. The highest BCUT2D eigenvalue weighted by Gasteiger charge is 2.30. The van der Waals surface area contributed by atoms with Crippen LogP contribution in [0.3, 0.4) is 0 Å². The molecule has 2 amide bonds. The Morgan fingerprint density at radius 1 is 0.976 bits per heavy atom. The molecule has 10 nitrogen and oxygen atoms in total. The minimum absolute atomic E-state index is 0.0472. The molecular formula is C29H20F2N6O4. The van der Waals surface area contributed by atoms with Crippen molar-refractivity contribution in [2.45, 2.75) is 12.8 Å². The van der Waals surface area contributed by atoms with Crippen molar-refractivity contribution in [1.29, 1.82) is 0 Å². The molecule has 41 heavy (non-hydrogen) atoms. The smallest absolute Gasteiger partial charge is 0.269 e. The number of aromatic amines is 1. The van der Waals surface area contributed by atoms with Crippen molar-refractivity contribution in [2.24, 2.45) is 5.92 Å². The summed E-state index contributed by atoms with van der Waals surface area (Å²) in [5.41, 5.74) is 1.14. The molecule has 12 heteroatoms. The van der Waals surface area contributed by atoms with E-state index in [0.29, 0.717) is 33.9 Å². The first-order valence-corrected chi connectivity index (χ1v) is 12.7. The van der Waals surface area contributed by atoms with E-state index in [-0.39, 0.29) is 28.8 Å². The van der Waals surface area contributed by atoms with Crippen molar-refractivity contribution in [1.82, 2.24) is 18.8 Å². The predicted molar refractivity (Wildman–Crippen MR) is 146 cm³/mol. The van der Waals surface area contributed by atoms with E-state index in [2.05, 4.69) is 20.6 Å². The Morgan fingerprint density at radius 3 is 2.63 bits per heavy atom. The van der Waals surface area contributed by atoms with Gasteiger partial charge in [-0.1, -0.05) is 0 Å². The lowest BCUT2D eigenvalue weighted by Gasteiger charge is -2.10. The number of fused-ring (bicyclic) bond motifs is 4. The van der Waals surface area contributed by atoms with Gasteiger partial charge in [-0.05, 0) is 67.4 Å². The summed E-state index contributed by atoms with van der Waals surface area (Å²) in [6.07, 6.45) is 5.01. The summed E-state index contributed by atoms with van der Waals surface area (Å²) in [6.45, 7) is 0. The molecule has 1 saturated carbocycles. The minimum atomic E-state index is -0.739. The second-order valence-corrected chi connectivity index (χ2v) is 9.78. The Kier molecular flexibility index (Phi) is 5.56. The fourth-order valence-electron chi connectivity index (χ4n) is 4.64. The average molecular weight is 555 g/mol. The normalized spacial score (nSPS) is 13.1. The number of benzene rings is 2. The SMILES string of the molecule is O=C(Nc1ccc(Oc2ccc3nc(NC(=O)C4CC4)cn3c2)c(F)c1)c1ccc2[nH]c3cc(F)ccc3n2c1=O. The van der Waals surface area contributed by atoms with Crippen LogP contribution in [0.25, 0.3) is 22.3 Å². The molecule has 1 aliphatic carbocycles. The standard InChI is InChI=1S/C29H20F2N6O4/c30-16-3-7-22-21(11-16)33-26-10-6-19(29(40)37(22)26)28(39)32-17-4-8-23(20(31)12-17)41-18-5-9-25-34-24(14-36(25)13-18)35-27(38)15-1-2-15/h3-15,33H,1-2H2,(H,32,39)(H,35,38). The van der Waals surface area contributed by atoms with Crippen molar-refractivity contribution in [3.05, 3.63) is 101 Å². The Morgan fingerprint density at radius 2 is 1.83 bits per heavy atom. The van der Waals surface area contributed by atoms with Crippen LogP contribution in [-0.4, -0.2) is 30.6 Å². The summed E-state index contributed by atoms with van der Waals surface area (Å²) in [7, 11) is 0. The zero-order valence-corrected chi connectivity index (χ0v) is 21.2. The molecule has 0 bridgehead atoms. The highest BCUT2D eigenvalue weighted by Crippen LogP contribution is 2.31. The third-order valence-corrected chi connectivity index (χ3v) is 6.83. The first-order chi connectivity index (χ1) is 19.8. The number of carbonyl (C=O) groups is 2. The summed E-state index contributed by atoms with van der Waals surface area (Å²) in [5.74, 6) is -1.29. The number of aromatic nitrogens is 4. The van der Waals surface area contributed by atoms with Crippen LogP contribution in [0.15, 0.2) is 77.9 Å². The maximum Gasteiger partial charge on any atom is 0.269 e. The zero-order chi connectivity index (χ0) is 28.2. The van der Waals surface area contributed by atoms with E-state index in [9.17, 15) is 23.2 Å². The van der Waals surface area contributed by atoms with E-state index < -0.39 is 23.1 Å². The van der Waals surface area contributed by atoms with Gasteiger partial charge in [-0.15, -0.1) is 0 Å². The molecule has 2 aromatic carbocycles. The van der Waals surface area contributed by atoms with E-state index >= 15 is 0 Å². The molecule has 0 unspecified atom stereocenters. The molecule has 0 spiro atoms. The number of carbonyl (C=O) groups excluding carboxylic acids is 2. The van der Waals surface area contributed by atoms with E-state index in [0.717, 1.165) is 18.9 Å². The van der Waals surface area contributed by atoms with Gasteiger partial charge in [0.05, 0.1) is 23.4 Å². The Labute approximate surface area is 229 Å². The second kappa shape index (κ2) is 9.30. The van der Waals surface area contributed by atoms with Gasteiger partial charge in [-0.2, -0.15) is 0 Å². The number of rotatable bonds is 6. The van der Waals surface area contributed by atoms with Crippen molar-refractivity contribution < 1.29 is 23.1 Å². The molecule has 4 aromatic heterocycles. The van der Waals surface area contributed by atoms with Gasteiger partial charge < -0.3 is 24.8 Å². The summed E-state index contributed by atoms with van der Waals surface area (Å²) >= 11 is 0. The molecule has 6 aromatic rings. The largest absolute Gasteiger partial charge is 0.453 e. The highest BCUT2D eigenvalue weighted by molar-refractivity contribution is 6.04. The second-order valence-electron chi connectivity index (χ2n) is 9.78. The third-order valence-electron chi connectivity index (χ3n) is 6.83. The first-order valence-electron chi connectivity index (χ1n) is 12.7. The van der Waals surface area contributed by atoms with Crippen LogP contribution in [0.4, 0.5) is 20.3 Å². The quantitative estimate of drug-likeness (QED) is 0.265. The maximum atomic E-state index is 14.9. The topological polar surface area (TPSA) is 122 Å². The average Bonchev–Trinajstić information content (AvgIpc) is 3.62. The number of anilines is 2. The van der Waals surface area contributed by atoms with E-state index in [1.807, 2.05) is 0 Å².